The van der Waals surface area contributed by atoms with Gasteiger partial charge in [0, 0.05) is 6.54 Å². The Kier molecular flexibility index (Phi) is 4.04. The molecule has 0 aromatic carbocycles. The lowest BCUT2D eigenvalue weighted by Gasteiger charge is -2.49. The molecule has 1 amide bonds. The number of nitrogens with zero attached hydrogens (tertiary/aromatic N) is 1. The summed E-state index contributed by atoms with van der Waals surface area (Å²) in [6, 6.07) is 0. The number of carbonyl (C=O) groups excluding carboxylic acids is 2. The maximum atomic E-state index is 12.0. The number of hydrogen-bond acceptors (Lipinski definition) is 4. The summed E-state index contributed by atoms with van der Waals surface area (Å²) in [6.45, 7) is 9.49. The second kappa shape index (κ2) is 5.00. The molecule has 0 N–H and O–H groups in total. The van der Waals surface area contributed by atoms with Crippen LogP contribution in [0.1, 0.15) is 33.6 Å². The van der Waals surface area contributed by atoms with E-state index in [4.69, 9.17) is 9.47 Å². The first-order chi connectivity index (χ1) is 8.27. The molecule has 1 atom stereocenters. The molecule has 0 spiro atoms. The maximum absolute atomic E-state index is 12.0. The number of amides is 1. The molecule has 1 aliphatic rings. The third kappa shape index (κ3) is 2.66. The summed E-state index contributed by atoms with van der Waals surface area (Å²) in [5, 5.41) is 0. The molecule has 1 unspecified atom stereocenters. The molecule has 0 radical (unpaired) electrons. The van der Waals surface area contributed by atoms with Gasteiger partial charge in [0.15, 0.2) is 0 Å². The van der Waals surface area contributed by atoms with Crippen molar-refractivity contribution in [3.8, 4) is 0 Å². The first kappa shape index (κ1) is 14.5. The molecule has 5 heteroatoms. The molecule has 1 rings (SSSR count). The van der Waals surface area contributed by atoms with Gasteiger partial charge in [-0.05, 0) is 33.6 Å². The van der Waals surface area contributed by atoms with Crippen molar-refractivity contribution < 1.29 is 19.1 Å². The predicted octanol–water partition coefficient (Wildman–Crippen LogP) is 2.12. The number of rotatable bonds is 3. The fraction of sp³-hybridized carbons (Fsp3) is 0.692. The average molecular weight is 255 g/mol. The van der Waals surface area contributed by atoms with Gasteiger partial charge in [-0.3, -0.25) is 4.90 Å². The molecule has 1 aliphatic heterocycles. The van der Waals surface area contributed by atoms with E-state index in [1.54, 1.807) is 26.8 Å². The van der Waals surface area contributed by atoms with Crippen LogP contribution in [-0.2, 0) is 14.3 Å². The molecule has 0 aromatic rings. The Bertz CT molecular complexity index is 358. The molecular weight excluding hydrogens is 234 g/mol. The number of esters is 1. The van der Waals surface area contributed by atoms with Crippen LogP contribution in [0, 0.1) is 0 Å². The first-order valence-electron chi connectivity index (χ1n) is 5.97. The number of likely N-dealkylation sites (tertiary alicyclic amines) is 1. The Balaban J connectivity index is 2.85. The van der Waals surface area contributed by atoms with Crippen molar-refractivity contribution in [2.45, 2.75) is 44.8 Å². The number of carbonyl (C=O) groups is 2. The number of hydrogen-bond donors (Lipinski definition) is 0. The molecule has 0 aromatic heterocycles. The van der Waals surface area contributed by atoms with Gasteiger partial charge in [0.25, 0.3) is 0 Å². The Morgan fingerprint density at radius 3 is 2.39 bits per heavy atom. The van der Waals surface area contributed by atoms with Crippen LogP contribution >= 0.6 is 0 Å². The van der Waals surface area contributed by atoms with Crippen LogP contribution in [0.5, 0.6) is 0 Å². The normalized spacial score (nSPS) is 23.0. The second-order valence-electron chi connectivity index (χ2n) is 5.40. The third-order valence-electron chi connectivity index (χ3n) is 2.93. The molecule has 0 saturated carbocycles. The van der Waals surface area contributed by atoms with Gasteiger partial charge in [-0.2, -0.15) is 0 Å². The van der Waals surface area contributed by atoms with E-state index in [0.717, 1.165) is 0 Å². The molecule has 5 nitrogen and oxygen atoms in total. The van der Waals surface area contributed by atoms with Gasteiger partial charge in [0.2, 0.25) is 0 Å². The summed E-state index contributed by atoms with van der Waals surface area (Å²) < 4.78 is 10.1. The second-order valence-corrected chi connectivity index (χ2v) is 5.40. The van der Waals surface area contributed by atoms with E-state index in [-0.39, 0.29) is 0 Å². The Morgan fingerprint density at radius 2 is 2.06 bits per heavy atom. The van der Waals surface area contributed by atoms with Crippen molar-refractivity contribution in [3.63, 3.8) is 0 Å². The van der Waals surface area contributed by atoms with Crippen LogP contribution in [0.4, 0.5) is 4.79 Å². The van der Waals surface area contributed by atoms with Crippen LogP contribution in [-0.4, -0.2) is 41.8 Å². The van der Waals surface area contributed by atoms with E-state index in [0.29, 0.717) is 19.4 Å². The minimum Gasteiger partial charge on any atom is -0.467 e. The summed E-state index contributed by atoms with van der Waals surface area (Å²) in [4.78, 5) is 25.3. The average Bonchev–Trinajstić information content (AvgIpc) is 2.20. The molecule has 102 valence electrons. The monoisotopic (exact) mass is 255 g/mol. The van der Waals surface area contributed by atoms with Gasteiger partial charge < -0.3 is 9.47 Å². The predicted molar refractivity (Wildman–Crippen MR) is 67.1 cm³/mol. The zero-order valence-electron chi connectivity index (χ0n) is 11.5. The largest absolute Gasteiger partial charge is 0.467 e. The lowest BCUT2D eigenvalue weighted by Crippen LogP contribution is -2.67. The first-order valence-corrected chi connectivity index (χ1v) is 5.97. The molecule has 1 saturated heterocycles. The topological polar surface area (TPSA) is 55.8 Å². The van der Waals surface area contributed by atoms with Crippen LogP contribution < -0.4 is 0 Å². The van der Waals surface area contributed by atoms with E-state index >= 15 is 0 Å². The summed E-state index contributed by atoms with van der Waals surface area (Å²) in [7, 11) is 1.32. The Labute approximate surface area is 108 Å². The minimum atomic E-state index is -0.932. The van der Waals surface area contributed by atoms with Gasteiger partial charge in [-0.15, -0.1) is 6.58 Å². The van der Waals surface area contributed by atoms with Crippen molar-refractivity contribution >= 4 is 12.1 Å². The van der Waals surface area contributed by atoms with Crippen LogP contribution in [0.25, 0.3) is 0 Å². The van der Waals surface area contributed by atoms with E-state index in [9.17, 15) is 9.59 Å². The van der Waals surface area contributed by atoms with Crippen molar-refractivity contribution in [3.05, 3.63) is 12.7 Å². The highest BCUT2D eigenvalue weighted by molar-refractivity contribution is 5.88. The summed E-state index contributed by atoms with van der Waals surface area (Å²) in [5.74, 6) is -0.417. The zero-order valence-corrected chi connectivity index (χ0v) is 11.5. The van der Waals surface area contributed by atoms with Crippen molar-refractivity contribution in [2.75, 3.05) is 13.7 Å². The van der Waals surface area contributed by atoms with Crippen molar-refractivity contribution in [2.24, 2.45) is 0 Å². The van der Waals surface area contributed by atoms with Gasteiger partial charge >= 0.3 is 12.1 Å². The minimum absolute atomic E-state index is 0.374. The van der Waals surface area contributed by atoms with Crippen molar-refractivity contribution in [1.29, 1.82) is 0 Å². The van der Waals surface area contributed by atoms with Crippen LogP contribution in [0.2, 0.25) is 0 Å². The van der Waals surface area contributed by atoms with E-state index < -0.39 is 23.2 Å². The van der Waals surface area contributed by atoms with E-state index in [1.165, 1.54) is 12.0 Å². The third-order valence-corrected chi connectivity index (χ3v) is 2.93. The summed E-state index contributed by atoms with van der Waals surface area (Å²) in [6.07, 6.45) is 2.08. The number of methoxy groups -OCH3 is 1. The van der Waals surface area contributed by atoms with Gasteiger partial charge in [0.05, 0.1) is 7.11 Å². The molecule has 1 heterocycles. The molecule has 0 bridgehead atoms. The highest BCUT2D eigenvalue weighted by atomic mass is 16.6. The molecular formula is C13H21NO4. The Hall–Kier alpha value is -1.52. The van der Waals surface area contributed by atoms with Gasteiger partial charge in [-0.1, -0.05) is 6.08 Å². The molecule has 1 fully saturated rings. The lowest BCUT2D eigenvalue weighted by molar-refractivity contribution is -0.163. The lowest BCUT2D eigenvalue weighted by atomic mass is 9.82. The van der Waals surface area contributed by atoms with E-state index in [2.05, 4.69) is 6.58 Å². The fourth-order valence-electron chi connectivity index (χ4n) is 2.01. The fourth-order valence-corrected chi connectivity index (χ4v) is 2.01. The van der Waals surface area contributed by atoms with Crippen LogP contribution in [0.15, 0.2) is 12.7 Å². The highest BCUT2D eigenvalue weighted by Crippen LogP contribution is 2.36. The smallest absolute Gasteiger partial charge is 0.411 e. The quantitative estimate of drug-likeness (QED) is 0.572. The summed E-state index contributed by atoms with van der Waals surface area (Å²) >= 11 is 0. The summed E-state index contributed by atoms with van der Waals surface area (Å²) in [5.41, 5.74) is -1.51. The molecule has 0 aliphatic carbocycles. The van der Waals surface area contributed by atoms with Gasteiger partial charge in [-0.25, -0.2) is 9.59 Å². The molecule has 18 heavy (non-hydrogen) atoms. The standard InChI is InChI=1S/C13H21NO4/c1-6-7-13(10(15)17-5)8-9-14(13)11(16)18-12(2,3)4/h6H,1,7-9H2,2-5H3. The zero-order chi connectivity index (χ0) is 14.0. The maximum Gasteiger partial charge on any atom is 0.411 e. The number of ether oxygens (including phenoxy) is 2. The highest BCUT2D eigenvalue weighted by Gasteiger charge is 2.54. The van der Waals surface area contributed by atoms with E-state index in [1.807, 2.05) is 0 Å². The SMILES string of the molecule is C=CCC1(C(=O)OC)CCN1C(=O)OC(C)(C)C. The van der Waals surface area contributed by atoms with Crippen LogP contribution in [0.3, 0.4) is 0 Å². The van der Waals surface area contributed by atoms with Crippen molar-refractivity contribution in [1.82, 2.24) is 4.90 Å². The van der Waals surface area contributed by atoms with Gasteiger partial charge in [0.1, 0.15) is 11.1 Å². The Morgan fingerprint density at radius 1 is 1.44 bits per heavy atom.